The first-order chi connectivity index (χ1) is 16.4. The summed E-state index contributed by atoms with van der Waals surface area (Å²) < 4.78 is 34.1. The van der Waals surface area contributed by atoms with Crippen molar-refractivity contribution >= 4 is 49.9 Å². The van der Waals surface area contributed by atoms with Crippen molar-refractivity contribution in [2.45, 2.75) is 17.0 Å². The lowest BCUT2D eigenvalue weighted by atomic mass is 10.1. The van der Waals surface area contributed by atoms with E-state index < -0.39 is 10.0 Å². The zero-order valence-electron chi connectivity index (χ0n) is 18.5. The molecule has 1 fully saturated rings. The molecule has 2 aromatic heterocycles. The fourth-order valence-electron chi connectivity index (χ4n) is 3.94. The summed E-state index contributed by atoms with van der Waals surface area (Å²) in [5.74, 6) is -0.0847. The topological polar surface area (TPSA) is 106 Å². The number of fused-ring (bicyclic) bond motifs is 3. The van der Waals surface area contributed by atoms with Gasteiger partial charge in [0, 0.05) is 24.2 Å². The van der Waals surface area contributed by atoms with Crippen LogP contribution in [0.15, 0.2) is 64.6 Å². The predicted octanol–water partition coefficient (Wildman–Crippen LogP) is 2.94. The Morgan fingerprint density at radius 3 is 2.59 bits per heavy atom. The third-order valence-corrected chi connectivity index (χ3v) is 8.49. The van der Waals surface area contributed by atoms with Crippen molar-refractivity contribution in [1.82, 2.24) is 18.9 Å². The number of morpholine rings is 1. The van der Waals surface area contributed by atoms with E-state index in [9.17, 15) is 13.2 Å². The Morgan fingerprint density at radius 2 is 1.82 bits per heavy atom. The SMILES string of the molecule is Cc1cc2nnc(SCC(=O)Nc3ccc(S(=O)(=O)N4CCOCC4)cc3)n2c2ccccc12. The molecule has 0 radical (unpaired) electrons. The van der Waals surface area contributed by atoms with Crippen LogP contribution in [0.1, 0.15) is 5.56 Å². The number of pyridine rings is 1. The summed E-state index contributed by atoms with van der Waals surface area (Å²) in [6.07, 6.45) is 0. The van der Waals surface area contributed by atoms with Crippen LogP contribution in [0.25, 0.3) is 16.6 Å². The molecule has 1 N–H and O–H groups in total. The van der Waals surface area contributed by atoms with Crippen molar-refractivity contribution < 1.29 is 17.9 Å². The van der Waals surface area contributed by atoms with Crippen molar-refractivity contribution in [1.29, 1.82) is 0 Å². The summed E-state index contributed by atoms with van der Waals surface area (Å²) in [6, 6.07) is 16.2. The molecule has 0 bridgehead atoms. The number of hydrogen-bond acceptors (Lipinski definition) is 7. The van der Waals surface area contributed by atoms with Crippen LogP contribution in [-0.4, -0.2) is 65.3 Å². The van der Waals surface area contributed by atoms with Gasteiger partial charge in [-0.25, -0.2) is 8.42 Å². The molecule has 0 saturated carbocycles. The minimum atomic E-state index is -3.57. The number of anilines is 1. The molecule has 5 rings (SSSR count). The molecular weight excluding hydrogens is 474 g/mol. The molecule has 1 amide bonds. The standard InChI is InChI=1S/C23H23N5O4S2/c1-16-14-21-25-26-23(28(21)20-5-3-2-4-19(16)20)33-15-22(29)24-17-6-8-18(9-7-17)34(30,31)27-10-12-32-13-11-27/h2-9,14H,10-13,15H2,1H3,(H,24,29). The van der Waals surface area contributed by atoms with Crippen LogP contribution in [0, 0.1) is 6.92 Å². The van der Waals surface area contributed by atoms with E-state index in [1.807, 2.05) is 41.7 Å². The van der Waals surface area contributed by atoms with Crippen molar-refractivity contribution in [2.24, 2.45) is 0 Å². The Kier molecular flexibility index (Phi) is 6.26. The van der Waals surface area contributed by atoms with Crippen molar-refractivity contribution in [3.8, 4) is 0 Å². The van der Waals surface area contributed by atoms with E-state index >= 15 is 0 Å². The van der Waals surface area contributed by atoms with Gasteiger partial charge in [-0.05, 0) is 48.9 Å². The molecular formula is C23H23N5O4S2. The number of carbonyl (C=O) groups is 1. The Morgan fingerprint density at radius 1 is 1.09 bits per heavy atom. The molecule has 9 nitrogen and oxygen atoms in total. The van der Waals surface area contributed by atoms with Crippen LogP contribution in [0.5, 0.6) is 0 Å². The highest BCUT2D eigenvalue weighted by Crippen LogP contribution is 2.26. The predicted molar refractivity (Wildman–Crippen MR) is 131 cm³/mol. The highest BCUT2D eigenvalue weighted by atomic mass is 32.2. The van der Waals surface area contributed by atoms with E-state index in [1.54, 1.807) is 12.1 Å². The summed E-state index contributed by atoms with van der Waals surface area (Å²) in [5.41, 5.74) is 3.36. The first-order valence-electron chi connectivity index (χ1n) is 10.8. The van der Waals surface area contributed by atoms with E-state index in [-0.39, 0.29) is 16.6 Å². The van der Waals surface area contributed by atoms with Gasteiger partial charge in [0.1, 0.15) is 0 Å². The minimum absolute atomic E-state index is 0.136. The molecule has 1 aliphatic heterocycles. The molecule has 176 valence electrons. The number of aryl methyl sites for hydroxylation is 1. The quantitative estimate of drug-likeness (QED) is 0.408. The second-order valence-electron chi connectivity index (χ2n) is 7.90. The number of rotatable bonds is 6. The number of ether oxygens (including phenoxy) is 1. The largest absolute Gasteiger partial charge is 0.379 e. The number of nitrogens with zero attached hydrogens (tertiary/aromatic N) is 4. The summed E-state index contributed by atoms with van der Waals surface area (Å²) in [4.78, 5) is 12.8. The Bertz CT molecular complexity index is 1460. The van der Waals surface area contributed by atoms with Crippen LogP contribution < -0.4 is 5.32 Å². The van der Waals surface area contributed by atoms with Crippen LogP contribution in [-0.2, 0) is 19.6 Å². The molecule has 0 atom stereocenters. The van der Waals surface area contributed by atoms with E-state index in [1.165, 1.54) is 28.2 Å². The highest BCUT2D eigenvalue weighted by Gasteiger charge is 2.26. The van der Waals surface area contributed by atoms with Gasteiger partial charge < -0.3 is 10.1 Å². The number of amides is 1. The molecule has 1 saturated heterocycles. The Hall–Kier alpha value is -2.99. The number of aromatic nitrogens is 3. The summed E-state index contributed by atoms with van der Waals surface area (Å²) >= 11 is 1.29. The molecule has 0 aliphatic carbocycles. The van der Waals surface area contributed by atoms with Crippen molar-refractivity contribution in [3.05, 3.63) is 60.2 Å². The fraction of sp³-hybridized carbons (Fsp3) is 0.261. The van der Waals surface area contributed by atoms with Gasteiger partial charge >= 0.3 is 0 Å². The highest BCUT2D eigenvalue weighted by molar-refractivity contribution is 7.99. The fourth-order valence-corrected chi connectivity index (χ4v) is 6.10. The number of hydrogen-bond donors (Lipinski definition) is 1. The first-order valence-corrected chi connectivity index (χ1v) is 13.2. The molecule has 11 heteroatoms. The van der Waals surface area contributed by atoms with Crippen LogP contribution in [0.3, 0.4) is 0 Å². The Balaban J connectivity index is 1.26. The number of carbonyl (C=O) groups excluding carboxylic acids is 1. The van der Waals surface area contributed by atoms with Gasteiger partial charge in [0.25, 0.3) is 0 Å². The summed E-state index contributed by atoms with van der Waals surface area (Å²) in [5, 5.41) is 13.1. The third kappa shape index (κ3) is 4.39. The number of nitrogens with one attached hydrogen (secondary N) is 1. The lowest BCUT2D eigenvalue weighted by Gasteiger charge is -2.26. The second kappa shape index (κ2) is 9.34. The normalized spacial score (nSPS) is 15.1. The molecule has 1 aliphatic rings. The zero-order valence-corrected chi connectivity index (χ0v) is 20.1. The maximum absolute atomic E-state index is 12.7. The lowest BCUT2D eigenvalue weighted by Crippen LogP contribution is -2.40. The van der Waals surface area contributed by atoms with Gasteiger partial charge in [0.2, 0.25) is 15.9 Å². The van der Waals surface area contributed by atoms with Gasteiger partial charge in [-0.2, -0.15) is 4.31 Å². The van der Waals surface area contributed by atoms with Gasteiger partial charge in [-0.3, -0.25) is 9.20 Å². The molecule has 4 aromatic rings. The Labute approximate surface area is 201 Å². The average molecular weight is 498 g/mol. The second-order valence-corrected chi connectivity index (χ2v) is 10.8. The minimum Gasteiger partial charge on any atom is -0.379 e. The van der Waals surface area contributed by atoms with Gasteiger partial charge in [0.15, 0.2) is 10.8 Å². The first kappa shape index (κ1) is 22.8. The monoisotopic (exact) mass is 497 g/mol. The van der Waals surface area contributed by atoms with E-state index in [2.05, 4.69) is 15.5 Å². The van der Waals surface area contributed by atoms with Gasteiger partial charge in [-0.1, -0.05) is 30.0 Å². The third-order valence-electron chi connectivity index (χ3n) is 5.65. The number of thioether (sulfide) groups is 1. The maximum atomic E-state index is 12.7. The van der Waals surface area contributed by atoms with E-state index in [4.69, 9.17) is 4.74 Å². The summed E-state index contributed by atoms with van der Waals surface area (Å²) in [6.45, 7) is 3.49. The number of sulfonamides is 1. The van der Waals surface area contributed by atoms with Crippen LogP contribution in [0.4, 0.5) is 5.69 Å². The molecule has 0 unspecified atom stereocenters. The smallest absolute Gasteiger partial charge is 0.243 e. The van der Waals surface area contributed by atoms with E-state index in [0.717, 1.165) is 22.1 Å². The van der Waals surface area contributed by atoms with Crippen molar-refractivity contribution in [2.75, 3.05) is 37.4 Å². The van der Waals surface area contributed by atoms with Crippen LogP contribution >= 0.6 is 11.8 Å². The van der Waals surface area contributed by atoms with Crippen LogP contribution in [0.2, 0.25) is 0 Å². The van der Waals surface area contributed by atoms with Gasteiger partial charge in [0.05, 0.1) is 29.4 Å². The molecule has 2 aromatic carbocycles. The number of para-hydroxylation sites is 1. The molecule has 3 heterocycles. The van der Waals surface area contributed by atoms with Gasteiger partial charge in [-0.15, -0.1) is 10.2 Å². The number of benzene rings is 2. The molecule has 0 spiro atoms. The van der Waals surface area contributed by atoms with E-state index in [0.29, 0.717) is 37.1 Å². The van der Waals surface area contributed by atoms with Crippen molar-refractivity contribution in [3.63, 3.8) is 0 Å². The summed E-state index contributed by atoms with van der Waals surface area (Å²) in [7, 11) is -3.57. The maximum Gasteiger partial charge on any atom is 0.243 e. The zero-order chi connectivity index (χ0) is 23.7. The average Bonchev–Trinajstić information content (AvgIpc) is 3.26. The molecule has 34 heavy (non-hydrogen) atoms. The lowest BCUT2D eigenvalue weighted by molar-refractivity contribution is -0.113.